The van der Waals surface area contributed by atoms with Gasteiger partial charge in [0, 0.05) is 6.42 Å². The van der Waals surface area contributed by atoms with Gasteiger partial charge in [-0.1, -0.05) is 0 Å². The summed E-state index contributed by atoms with van der Waals surface area (Å²) in [4.78, 5) is 10.5. The third-order valence-electron chi connectivity index (χ3n) is 2.71. The lowest BCUT2D eigenvalue weighted by Gasteiger charge is -2.25. The van der Waals surface area contributed by atoms with Crippen molar-refractivity contribution in [1.29, 1.82) is 0 Å². The lowest BCUT2D eigenvalue weighted by Crippen LogP contribution is -2.22. The van der Waals surface area contributed by atoms with Crippen molar-refractivity contribution in [2.75, 3.05) is 0 Å². The van der Waals surface area contributed by atoms with Gasteiger partial charge in [-0.25, -0.2) is 8.78 Å². The summed E-state index contributed by atoms with van der Waals surface area (Å²) in [6, 6.07) is 0. The predicted octanol–water partition coefficient (Wildman–Crippen LogP) is 2.53. The lowest BCUT2D eigenvalue weighted by molar-refractivity contribution is -0.143. The van der Waals surface area contributed by atoms with Crippen molar-refractivity contribution in [2.24, 2.45) is 11.8 Å². The fourth-order valence-electron chi connectivity index (χ4n) is 1.90. The van der Waals surface area contributed by atoms with Crippen molar-refractivity contribution >= 4 is 5.97 Å². The Morgan fingerprint density at radius 3 is 2.23 bits per heavy atom. The molecule has 0 radical (unpaired) electrons. The van der Waals surface area contributed by atoms with Gasteiger partial charge >= 0.3 is 5.97 Å². The number of hydrogen-bond acceptors (Lipinski definition) is 1. The Kier molecular flexibility index (Phi) is 3.63. The van der Waals surface area contributed by atoms with Crippen LogP contribution >= 0.6 is 0 Å². The van der Waals surface area contributed by atoms with E-state index < -0.39 is 12.4 Å². The molecule has 2 nitrogen and oxygen atoms in total. The Bertz CT molecular complexity index is 174. The molecule has 0 unspecified atom stereocenters. The SMILES string of the molecule is O=C(O)C1CCC(CC(F)F)CC1. The first-order valence-corrected chi connectivity index (χ1v) is 4.60. The van der Waals surface area contributed by atoms with Gasteiger partial charge < -0.3 is 5.11 Å². The second kappa shape index (κ2) is 4.53. The van der Waals surface area contributed by atoms with Crippen molar-refractivity contribution in [1.82, 2.24) is 0 Å². The Morgan fingerprint density at radius 2 is 1.85 bits per heavy atom. The molecule has 76 valence electrons. The van der Waals surface area contributed by atoms with E-state index in [4.69, 9.17) is 5.11 Å². The van der Waals surface area contributed by atoms with Crippen LogP contribution in [-0.4, -0.2) is 17.5 Å². The maximum absolute atomic E-state index is 12.0. The third-order valence-corrected chi connectivity index (χ3v) is 2.71. The molecule has 1 aliphatic rings. The van der Waals surface area contributed by atoms with Crippen molar-refractivity contribution in [3.8, 4) is 0 Å². The topological polar surface area (TPSA) is 37.3 Å². The highest BCUT2D eigenvalue weighted by Crippen LogP contribution is 2.32. The largest absolute Gasteiger partial charge is 0.481 e. The van der Waals surface area contributed by atoms with Crippen molar-refractivity contribution in [3.63, 3.8) is 0 Å². The van der Waals surface area contributed by atoms with Crippen LogP contribution in [0, 0.1) is 11.8 Å². The van der Waals surface area contributed by atoms with E-state index in [0.717, 1.165) is 0 Å². The molecule has 0 atom stereocenters. The summed E-state index contributed by atoms with van der Waals surface area (Å²) in [6.07, 6.45) is 0.0976. The molecule has 1 rings (SSSR count). The first-order chi connectivity index (χ1) is 6.09. The number of rotatable bonds is 3. The van der Waals surface area contributed by atoms with Crippen LogP contribution in [0.1, 0.15) is 32.1 Å². The Hall–Kier alpha value is -0.670. The highest BCUT2D eigenvalue weighted by molar-refractivity contribution is 5.69. The molecule has 0 amide bonds. The van der Waals surface area contributed by atoms with E-state index in [1.54, 1.807) is 0 Å². The lowest BCUT2D eigenvalue weighted by atomic mass is 9.81. The minimum atomic E-state index is -2.24. The zero-order valence-electron chi connectivity index (χ0n) is 7.38. The van der Waals surface area contributed by atoms with Crippen LogP contribution in [0.25, 0.3) is 0 Å². The molecule has 1 aliphatic carbocycles. The molecule has 0 aliphatic heterocycles. The summed E-state index contributed by atoms with van der Waals surface area (Å²) in [5.41, 5.74) is 0. The molecular formula is C9H14F2O2. The van der Waals surface area contributed by atoms with E-state index in [2.05, 4.69) is 0 Å². The van der Waals surface area contributed by atoms with Crippen LogP contribution in [0.2, 0.25) is 0 Å². The molecule has 0 saturated heterocycles. The number of alkyl halides is 2. The zero-order valence-corrected chi connectivity index (χ0v) is 7.38. The van der Waals surface area contributed by atoms with Crippen LogP contribution in [0.4, 0.5) is 8.78 Å². The van der Waals surface area contributed by atoms with Crippen LogP contribution in [0.5, 0.6) is 0 Å². The maximum Gasteiger partial charge on any atom is 0.306 e. The minimum Gasteiger partial charge on any atom is -0.481 e. The second-order valence-corrected chi connectivity index (χ2v) is 3.68. The van der Waals surface area contributed by atoms with Gasteiger partial charge in [0.1, 0.15) is 0 Å². The summed E-state index contributed by atoms with van der Waals surface area (Å²) < 4.78 is 23.9. The van der Waals surface area contributed by atoms with Gasteiger partial charge in [-0.3, -0.25) is 4.79 Å². The monoisotopic (exact) mass is 192 g/mol. The third kappa shape index (κ3) is 3.28. The number of halogens is 2. The number of carboxylic acids is 1. The van der Waals surface area contributed by atoms with Crippen molar-refractivity contribution < 1.29 is 18.7 Å². The molecular weight excluding hydrogens is 178 g/mol. The van der Waals surface area contributed by atoms with Crippen LogP contribution < -0.4 is 0 Å². The molecule has 1 fully saturated rings. The number of carbonyl (C=O) groups is 1. The quantitative estimate of drug-likeness (QED) is 0.746. The Balaban J connectivity index is 2.26. The van der Waals surface area contributed by atoms with Gasteiger partial charge in [0.15, 0.2) is 0 Å². The van der Waals surface area contributed by atoms with Gasteiger partial charge in [-0.2, -0.15) is 0 Å². The van der Waals surface area contributed by atoms with Crippen molar-refractivity contribution in [2.45, 2.75) is 38.5 Å². The summed E-state index contributed by atoms with van der Waals surface area (Å²) >= 11 is 0. The standard InChI is InChI=1S/C9H14F2O2/c10-8(11)5-6-1-3-7(4-2-6)9(12)13/h6-8H,1-5H2,(H,12,13). The number of hydrogen-bond donors (Lipinski definition) is 1. The van der Waals surface area contributed by atoms with Crippen LogP contribution in [0.3, 0.4) is 0 Å². The fourth-order valence-corrected chi connectivity index (χ4v) is 1.90. The van der Waals surface area contributed by atoms with E-state index in [9.17, 15) is 13.6 Å². The second-order valence-electron chi connectivity index (χ2n) is 3.68. The fraction of sp³-hybridized carbons (Fsp3) is 0.889. The summed E-state index contributed by atoms with van der Waals surface area (Å²) in [7, 11) is 0. The molecule has 1 saturated carbocycles. The van der Waals surface area contributed by atoms with Gasteiger partial charge in [0.25, 0.3) is 0 Å². The van der Waals surface area contributed by atoms with Gasteiger partial charge in [-0.15, -0.1) is 0 Å². The molecule has 0 aromatic carbocycles. The Morgan fingerprint density at radius 1 is 1.31 bits per heavy atom. The smallest absolute Gasteiger partial charge is 0.306 e. The summed E-state index contributed by atoms with van der Waals surface area (Å²) in [6.45, 7) is 0. The molecule has 0 aromatic heterocycles. The highest BCUT2D eigenvalue weighted by Gasteiger charge is 2.27. The van der Waals surface area contributed by atoms with Crippen LogP contribution in [0.15, 0.2) is 0 Å². The van der Waals surface area contributed by atoms with Gasteiger partial charge in [-0.05, 0) is 31.6 Å². The molecule has 0 spiro atoms. The molecule has 13 heavy (non-hydrogen) atoms. The van der Waals surface area contributed by atoms with Gasteiger partial charge in [0.2, 0.25) is 6.43 Å². The van der Waals surface area contributed by atoms with Gasteiger partial charge in [0.05, 0.1) is 5.92 Å². The maximum atomic E-state index is 12.0. The predicted molar refractivity (Wildman–Crippen MR) is 43.7 cm³/mol. The Labute approximate surface area is 75.9 Å². The van der Waals surface area contributed by atoms with Crippen LogP contribution in [-0.2, 0) is 4.79 Å². The van der Waals surface area contributed by atoms with Crippen molar-refractivity contribution in [3.05, 3.63) is 0 Å². The number of carboxylic acid groups (broad SMARTS) is 1. The summed E-state index contributed by atoms with van der Waals surface area (Å²) in [5.74, 6) is -1.04. The average Bonchev–Trinajstić information content (AvgIpc) is 2.04. The summed E-state index contributed by atoms with van der Waals surface area (Å²) in [5, 5.41) is 8.66. The van der Waals surface area contributed by atoms with E-state index in [-0.39, 0.29) is 18.3 Å². The molecule has 0 aromatic rings. The molecule has 0 heterocycles. The first-order valence-electron chi connectivity index (χ1n) is 4.60. The normalized spacial score (nSPS) is 29.2. The highest BCUT2D eigenvalue weighted by atomic mass is 19.3. The minimum absolute atomic E-state index is 0.0376. The zero-order chi connectivity index (χ0) is 9.84. The van der Waals surface area contributed by atoms with E-state index >= 15 is 0 Å². The average molecular weight is 192 g/mol. The van der Waals surface area contributed by atoms with E-state index in [1.807, 2.05) is 0 Å². The molecule has 0 bridgehead atoms. The first kappa shape index (κ1) is 10.4. The molecule has 4 heteroatoms. The van der Waals surface area contributed by atoms with E-state index in [1.165, 1.54) is 0 Å². The van der Waals surface area contributed by atoms with E-state index in [0.29, 0.717) is 25.7 Å². The number of aliphatic carboxylic acids is 1. The molecule has 1 N–H and O–H groups in total.